The van der Waals surface area contributed by atoms with Crippen molar-refractivity contribution in [1.82, 2.24) is 10.0 Å². The van der Waals surface area contributed by atoms with Crippen molar-refractivity contribution in [2.45, 2.75) is 11.8 Å². The summed E-state index contributed by atoms with van der Waals surface area (Å²) in [6.07, 6.45) is 0. The van der Waals surface area contributed by atoms with Crippen molar-refractivity contribution in [2.75, 3.05) is 19.7 Å². The van der Waals surface area contributed by atoms with Crippen LogP contribution in [0.3, 0.4) is 0 Å². The predicted molar refractivity (Wildman–Crippen MR) is 74.2 cm³/mol. The second kappa shape index (κ2) is 7.73. The van der Waals surface area contributed by atoms with E-state index in [1.807, 2.05) is 0 Å². The number of carbonyl (C=O) groups excluding carboxylic acids is 1. The molecule has 1 amide bonds. The Hall–Kier alpha value is -1.95. The number of aliphatic hydroxyl groups excluding tert-OH is 1. The number of carbonyl (C=O) groups is 1. The Morgan fingerprint density at radius 2 is 2.10 bits per heavy atom. The van der Waals surface area contributed by atoms with Crippen molar-refractivity contribution in [1.29, 1.82) is 0 Å². The van der Waals surface area contributed by atoms with E-state index in [1.165, 1.54) is 6.92 Å². The Kier molecular flexibility index (Phi) is 6.30. The molecule has 8 heteroatoms. The van der Waals surface area contributed by atoms with Crippen molar-refractivity contribution in [2.24, 2.45) is 0 Å². The molecule has 0 atom stereocenters. The molecule has 1 aromatic carbocycles. The molecule has 0 aliphatic carbocycles. The molecule has 0 saturated heterocycles. The van der Waals surface area contributed by atoms with Crippen LogP contribution in [0.1, 0.15) is 12.5 Å². The number of sulfonamides is 1. The summed E-state index contributed by atoms with van der Waals surface area (Å²) in [6, 6.07) is 3.08. The highest BCUT2D eigenvalue weighted by molar-refractivity contribution is 7.89. The summed E-state index contributed by atoms with van der Waals surface area (Å²) in [5, 5.41) is 11.1. The normalized spacial score (nSPS) is 10.6. The van der Waals surface area contributed by atoms with Crippen molar-refractivity contribution in [3.8, 4) is 11.8 Å². The number of halogens is 1. The Balaban J connectivity index is 2.94. The third-order valence-electron chi connectivity index (χ3n) is 2.32. The maximum absolute atomic E-state index is 13.2. The van der Waals surface area contributed by atoms with Gasteiger partial charge < -0.3 is 10.4 Å². The minimum Gasteiger partial charge on any atom is -0.384 e. The summed E-state index contributed by atoms with van der Waals surface area (Å²) >= 11 is 0. The van der Waals surface area contributed by atoms with Gasteiger partial charge in [0, 0.05) is 25.6 Å². The number of hydrogen-bond acceptors (Lipinski definition) is 4. The van der Waals surface area contributed by atoms with Gasteiger partial charge in [0.15, 0.2) is 0 Å². The van der Waals surface area contributed by atoms with Crippen LogP contribution >= 0.6 is 0 Å². The van der Waals surface area contributed by atoms with Gasteiger partial charge in [0.05, 0.1) is 4.90 Å². The number of benzene rings is 1. The van der Waals surface area contributed by atoms with E-state index in [-0.39, 0.29) is 29.5 Å². The van der Waals surface area contributed by atoms with Crippen molar-refractivity contribution in [3.63, 3.8) is 0 Å². The number of aliphatic hydroxyl groups is 1. The summed E-state index contributed by atoms with van der Waals surface area (Å²) in [6.45, 7) is 0.975. The van der Waals surface area contributed by atoms with E-state index in [0.717, 1.165) is 18.2 Å². The summed E-state index contributed by atoms with van der Waals surface area (Å²) in [4.78, 5) is 10.5. The molecule has 0 aromatic heterocycles. The van der Waals surface area contributed by atoms with Crippen molar-refractivity contribution in [3.05, 3.63) is 29.6 Å². The zero-order valence-corrected chi connectivity index (χ0v) is 12.1. The molecule has 114 valence electrons. The van der Waals surface area contributed by atoms with Crippen LogP contribution in [0.5, 0.6) is 0 Å². The van der Waals surface area contributed by atoms with Gasteiger partial charge in [0.1, 0.15) is 12.4 Å². The molecule has 3 N–H and O–H groups in total. The third kappa shape index (κ3) is 5.51. The smallest absolute Gasteiger partial charge is 0.241 e. The largest absolute Gasteiger partial charge is 0.384 e. The van der Waals surface area contributed by atoms with Crippen molar-refractivity contribution < 1.29 is 22.7 Å². The van der Waals surface area contributed by atoms with E-state index in [2.05, 4.69) is 21.9 Å². The Morgan fingerprint density at radius 1 is 1.38 bits per heavy atom. The van der Waals surface area contributed by atoms with E-state index >= 15 is 0 Å². The number of amides is 1. The summed E-state index contributed by atoms with van der Waals surface area (Å²) in [5.41, 5.74) is -0.0453. The van der Waals surface area contributed by atoms with E-state index < -0.39 is 22.4 Å². The monoisotopic (exact) mass is 314 g/mol. The lowest BCUT2D eigenvalue weighted by molar-refractivity contribution is -0.118. The molecule has 0 heterocycles. The van der Waals surface area contributed by atoms with E-state index in [4.69, 9.17) is 5.11 Å². The molecule has 1 aromatic rings. The average molecular weight is 314 g/mol. The average Bonchev–Trinajstić information content (AvgIpc) is 2.41. The summed E-state index contributed by atoms with van der Waals surface area (Å²) in [5.74, 6) is 3.76. The van der Waals surface area contributed by atoms with Gasteiger partial charge in [0.25, 0.3) is 0 Å². The Labute approximate surface area is 122 Å². The highest BCUT2D eigenvalue weighted by Crippen LogP contribution is 2.16. The summed E-state index contributed by atoms with van der Waals surface area (Å²) < 4.78 is 39.6. The van der Waals surface area contributed by atoms with Crippen LogP contribution in [0.25, 0.3) is 0 Å². The minimum atomic E-state index is -3.89. The maximum atomic E-state index is 13.2. The molecule has 0 bridgehead atoms. The fraction of sp³-hybridized carbons (Fsp3) is 0.308. The first-order chi connectivity index (χ1) is 9.86. The molecular formula is C13H15FN2O4S. The highest BCUT2D eigenvalue weighted by Gasteiger charge is 2.17. The molecule has 21 heavy (non-hydrogen) atoms. The van der Waals surface area contributed by atoms with Crippen LogP contribution < -0.4 is 10.0 Å². The number of rotatable bonds is 5. The van der Waals surface area contributed by atoms with E-state index in [9.17, 15) is 17.6 Å². The van der Waals surface area contributed by atoms with Crippen LogP contribution in [0.4, 0.5) is 4.39 Å². The lowest BCUT2D eigenvalue weighted by atomic mass is 10.2. The van der Waals surface area contributed by atoms with Gasteiger partial charge in [0.2, 0.25) is 15.9 Å². The van der Waals surface area contributed by atoms with Crippen molar-refractivity contribution >= 4 is 15.9 Å². The van der Waals surface area contributed by atoms with Gasteiger partial charge in [-0.2, -0.15) is 0 Å². The van der Waals surface area contributed by atoms with Gasteiger partial charge in [-0.15, -0.1) is 0 Å². The number of hydrogen-bond donors (Lipinski definition) is 3. The standard InChI is InChI=1S/C13H15FN2O4S/c1-10(18)15-6-7-16-21(19,20)13-5-4-12(14)9-11(13)3-2-8-17/h4-5,9,16-17H,6-8H2,1H3,(H,15,18). The maximum Gasteiger partial charge on any atom is 0.241 e. The fourth-order valence-electron chi connectivity index (χ4n) is 1.47. The van der Waals surface area contributed by atoms with Gasteiger partial charge in [-0.1, -0.05) is 11.8 Å². The molecule has 6 nitrogen and oxygen atoms in total. The van der Waals surface area contributed by atoms with Crippen LogP contribution in [0, 0.1) is 17.7 Å². The van der Waals surface area contributed by atoms with Crippen LogP contribution in [0.2, 0.25) is 0 Å². The van der Waals surface area contributed by atoms with Gasteiger partial charge in [-0.25, -0.2) is 17.5 Å². The molecule has 0 aliphatic rings. The molecular weight excluding hydrogens is 299 g/mol. The van der Waals surface area contributed by atoms with Gasteiger partial charge in [-0.3, -0.25) is 4.79 Å². The zero-order chi connectivity index (χ0) is 15.9. The lowest BCUT2D eigenvalue weighted by Gasteiger charge is -2.09. The zero-order valence-electron chi connectivity index (χ0n) is 11.3. The SMILES string of the molecule is CC(=O)NCCNS(=O)(=O)c1ccc(F)cc1C#CCO. The minimum absolute atomic E-state index is 0.00778. The first-order valence-corrected chi connectivity index (χ1v) is 7.48. The number of nitrogens with one attached hydrogen (secondary N) is 2. The molecule has 0 spiro atoms. The van der Waals surface area contributed by atoms with Crippen LogP contribution in [0.15, 0.2) is 23.1 Å². The Morgan fingerprint density at radius 3 is 2.71 bits per heavy atom. The molecule has 0 fully saturated rings. The second-order valence-corrected chi connectivity index (χ2v) is 5.72. The predicted octanol–water partition coefficient (Wildman–Crippen LogP) is -0.416. The van der Waals surface area contributed by atoms with Crippen LogP contribution in [-0.2, 0) is 14.8 Å². The first-order valence-electron chi connectivity index (χ1n) is 6.00. The van der Waals surface area contributed by atoms with E-state index in [1.54, 1.807) is 0 Å². The molecule has 0 radical (unpaired) electrons. The van der Waals surface area contributed by atoms with Gasteiger partial charge >= 0.3 is 0 Å². The lowest BCUT2D eigenvalue weighted by Crippen LogP contribution is -2.34. The highest BCUT2D eigenvalue weighted by atomic mass is 32.2. The quantitative estimate of drug-likeness (QED) is 0.508. The topological polar surface area (TPSA) is 95.5 Å². The van der Waals surface area contributed by atoms with E-state index in [0.29, 0.717) is 0 Å². The first kappa shape index (κ1) is 17.1. The fourth-order valence-corrected chi connectivity index (χ4v) is 2.64. The molecule has 0 saturated carbocycles. The Bertz CT molecular complexity index is 677. The third-order valence-corrected chi connectivity index (χ3v) is 3.84. The molecule has 0 aliphatic heterocycles. The second-order valence-electron chi connectivity index (χ2n) is 3.98. The van der Waals surface area contributed by atoms with Gasteiger partial charge in [-0.05, 0) is 18.2 Å². The molecule has 0 unspecified atom stereocenters. The molecule has 1 rings (SSSR count). The summed E-state index contributed by atoms with van der Waals surface area (Å²) in [7, 11) is -3.89. The van der Waals surface area contributed by atoms with Crippen LogP contribution in [-0.4, -0.2) is 39.1 Å².